The van der Waals surface area contributed by atoms with Gasteiger partial charge in [-0.1, -0.05) is 37.5 Å². The van der Waals surface area contributed by atoms with Crippen LogP contribution in [-0.4, -0.2) is 77.0 Å². The first-order chi connectivity index (χ1) is 20.7. The van der Waals surface area contributed by atoms with Gasteiger partial charge in [0, 0.05) is 48.9 Å². The van der Waals surface area contributed by atoms with Crippen molar-refractivity contribution in [1.82, 2.24) is 4.31 Å². The molecule has 0 saturated heterocycles. The highest BCUT2D eigenvalue weighted by atomic mass is 32.2. The summed E-state index contributed by atoms with van der Waals surface area (Å²) in [4.78, 5) is 13.5. The van der Waals surface area contributed by atoms with E-state index in [2.05, 4.69) is 0 Å². The van der Waals surface area contributed by atoms with E-state index in [4.69, 9.17) is 14.2 Å². The molecule has 0 unspecified atom stereocenters. The summed E-state index contributed by atoms with van der Waals surface area (Å²) in [7, 11) is -0.787. The smallest absolute Gasteiger partial charge is 0.348 e. The van der Waals surface area contributed by atoms with Crippen molar-refractivity contribution in [2.24, 2.45) is 5.92 Å². The first-order valence-electron chi connectivity index (χ1n) is 14.4. The van der Waals surface area contributed by atoms with Crippen LogP contribution in [-0.2, 0) is 19.5 Å². The SMILES string of the molecule is COCCOCCOc1cc2c(cc1-c1cc(F)c(C(=O)O)s1)S(=O)(=O)N(C)[C@H](C1CCCCC1)CN2c1ccccc1. The summed E-state index contributed by atoms with van der Waals surface area (Å²) in [5.74, 6) is -1.77. The Hall–Kier alpha value is -3.03. The molecular formula is C31H37FN2O7S2. The summed E-state index contributed by atoms with van der Waals surface area (Å²) in [6.07, 6.45) is 5.20. The lowest BCUT2D eigenvalue weighted by Gasteiger charge is -2.36. The highest BCUT2D eigenvalue weighted by Crippen LogP contribution is 2.47. The van der Waals surface area contributed by atoms with Crippen LogP contribution in [0.15, 0.2) is 53.4 Å². The zero-order valence-corrected chi connectivity index (χ0v) is 26.0. The zero-order valence-electron chi connectivity index (χ0n) is 24.3. The molecule has 5 rings (SSSR count). The first-order valence-corrected chi connectivity index (χ1v) is 16.7. The molecule has 2 aromatic carbocycles. The Balaban J connectivity index is 1.65. The highest BCUT2D eigenvalue weighted by Gasteiger charge is 2.41. The Bertz CT molecular complexity index is 1520. The standard InChI is InChI=1S/C31H37FN2O7S2/c1-33-26(21-9-5-3-6-10-21)20-34(22-11-7-4-8-12-22)25-19-27(41-16-15-40-14-13-39-2)23(17-29(25)43(33,37)38)28-18-24(32)30(42-28)31(35)36/h4,7-8,11-12,17-19,21,26H,3,5-6,9-10,13-16,20H2,1-2H3,(H,35,36)/t26-/m0/s1. The van der Waals surface area contributed by atoms with Gasteiger partial charge < -0.3 is 24.2 Å². The van der Waals surface area contributed by atoms with Gasteiger partial charge in [-0.05, 0) is 43.0 Å². The van der Waals surface area contributed by atoms with E-state index in [1.807, 2.05) is 35.2 Å². The molecule has 1 N–H and O–H groups in total. The van der Waals surface area contributed by atoms with Gasteiger partial charge >= 0.3 is 5.97 Å². The maximum absolute atomic E-state index is 14.7. The number of thiophene rings is 1. The number of ether oxygens (including phenoxy) is 3. The Morgan fingerprint density at radius 1 is 1.05 bits per heavy atom. The van der Waals surface area contributed by atoms with E-state index in [1.165, 1.54) is 10.4 Å². The van der Waals surface area contributed by atoms with Crippen LogP contribution < -0.4 is 9.64 Å². The number of benzene rings is 2. The molecule has 232 valence electrons. The minimum atomic E-state index is -4.01. The third kappa shape index (κ3) is 6.73. The number of rotatable bonds is 11. The number of aromatic carboxylic acids is 1. The third-order valence-corrected chi connectivity index (χ3v) is 11.2. The predicted molar refractivity (Wildman–Crippen MR) is 164 cm³/mol. The zero-order chi connectivity index (χ0) is 30.6. The molecule has 2 heterocycles. The van der Waals surface area contributed by atoms with Crippen LogP contribution in [0.25, 0.3) is 10.4 Å². The molecule has 1 atom stereocenters. The van der Waals surface area contributed by atoms with Gasteiger partial charge in [-0.3, -0.25) is 0 Å². The topological polar surface area (TPSA) is 106 Å². The van der Waals surface area contributed by atoms with Gasteiger partial charge in [-0.15, -0.1) is 11.3 Å². The monoisotopic (exact) mass is 632 g/mol. The van der Waals surface area contributed by atoms with E-state index in [-0.39, 0.29) is 34.9 Å². The molecule has 1 aromatic heterocycles. The number of nitrogens with zero attached hydrogens (tertiary/aromatic N) is 2. The lowest BCUT2D eigenvalue weighted by Crippen LogP contribution is -2.46. The normalized spacial score (nSPS) is 19.1. The van der Waals surface area contributed by atoms with E-state index >= 15 is 0 Å². The summed E-state index contributed by atoms with van der Waals surface area (Å²) >= 11 is 0.738. The number of halogens is 1. The number of carboxylic acid groups (broad SMARTS) is 1. The molecule has 0 radical (unpaired) electrons. The van der Waals surface area contributed by atoms with Crippen LogP contribution in [0.4, 0.5) is 15.8 Å². The minimum absolute atomic E-state index is 0.0570. The molecule has 0 amide bonds. The molecule has 9 nitrogen and oxygen atoms in total. The molecule has 1 aliphatic carbocycles. The second-order valence-electron chi connectivity index (χ2n) is 10.8. The van der Waals surface area contributed by atoms with E-state index in [0.717, 1.165) is 55.2 Å². The van der Waals surface area contributed by atoms with Gasteiger partial charge in [0.25, 0.3) is 0 Å². The van der Waals surface area contributed by atoms with E-state index in [0.29, 0.717) is 36.8 Å². The van der Waals surface area contributed by atoms with Crippen LogP contribution in [0.2, 0.25) is 0 Å². The number of carboxylic acids is 1. The van der Waals surface area contributed by atoms with Crippen molar-refractivity contribution in [2.45, 2.75) is 43.0 Å². The summed E-state index contributed by atoms with van der Waals surface area (Å²) in [6.45, 7) is 1.64. The Labute approximate surface area is 255 Å². The maximum Gasteiger partial charge on any atom is 0.348 e. The second kappa shape index (κ2) is 13.7. The first kappa shape index (κ1) is 31.4. The summed E-state index contributed by atoms with van der Waals surface area (Å²) < 4.78 is 61.6. The lowest BCUT2D eigenvalue weighted by molar-refractivity contribution is 0.0545. The number of carbonyl (C=O) groups is 1. The highest BCUT2D eigenvalue weighted by molar-refractivity contribution is 7.89. The molecule has 12 heteroatoms. The number of anilines is 2. The van der Waals surface area contributed by atoms with Gasteiger partial charge in [-0.25, -0.2) is 17.6 Å². The second-order valence-corrected chi connectivity index (χ2v) is 13.8. The fourth-order valence-corrected chi connectivity index (χ4v) is 8.43. The molecule has 3 aromatic rings. The predicted octanol–water partition coefficient (Wildman–Crippen LogP) is 6.02. The number of hydrogen-bond donors (Lipinski definition) is 1. The minimum Gasteiger partial charge on any atom is -0.490 e. The summed E-state index contributed by atoms with van der Waals surface area (Å²) in [6, 6.07) is 13.7. The Kier molecular flexibility index (Phi) is 10.0. The number of sulfonamides is 1. The average molecular weight is 633 g/mol. The quantitative estimate of drug-likeness (QED) is 0.256. The van der Waals surface area contributed by atoms with Gasteiger partial charge in [0.15, 0.2) is 0 Å². The van der Waals surface area contributed by atoms with Gasteiger partial charge in [0.1, 0.15) is 27.9 Å². The van der Waals surface area contributed by atoms with Gasteiger partial charge in [0.05, 0.1) is 25.5 Å². The Morgan fingerprint density at radius 3 is 2.44 bits per heavy atom. The largest absolute Gasteiger partial charge is 0.490 e. The van der Waals surface area contributed by atoms with Crippen molar-refractivity contribution in [2.75, 3.05) is 52.0 Å². The number of likely N-dealkylation sites (N-methyl/N-ethyl adjacent to an activating group) is 1. The van der Waals surface area contributed by atoms with Crippen molar-refractivity contribution in [3.8, 4) is 16.2 Å². The van der Waals surface area contributed by atoms with Crippen molar-refractivity contribution >= 4 is 38.7 Å². The van der Waals surface area contributed by atoms with E-state index in [9.17, 15) is 22.7 Å². The lowest BCUT2D eigenvalue weighted by atomic mass is 9.83. The fourth-order valence-electron chi connectivity index (χ4n) is 5.93. The molecule has 0 spiro atoms. The number of para-hydroxylation sites is 1. The molecule has 0 bridgehead atoms. The maximum atomic E-state index is 14.7. The van der Waals surface area contributed by atoms with Crippen LogP contribution in [0, 0.1) is 11.7 Å². The number of hydrogen-bond acceptors (Lipinski definition) is 8. The summed E-state index contributed by atoms with van der Waals surface area (Å²) in [5.41, 5.74) is 1.59. The fraction of sp³-hybridized carbons (Fsp3) is 0.452. The van der Waals surface area contributed by atoms with Crippen molar-refractivity contribution < 1.29 is 36.9 Å². The summed E-state index contributed by atoms with van der Waals surface area (Å²) in [5, 5.41) is 9.50. The van der Waals surface area contributed by atoms with Crippen LogP contribution in [0.5, 0.6) is 5.75 Å². The molecule has 2 aliphatic rings. The molecule has 1 fully saturated rings. The van der Waals surface area contributed by atoms with Crippen molar-refractivity contribution in [1.29, 1.82) is 0 Å². The molecule has 1 aliphatic heterocycles. The number of fused-ring (bicyclic) bond motifs is 1. The van der Waals surface area contributed by atoms with Crippen molar-refractivity contribution in [3.63, 3.8) is 0 Å². The number of methoxy groups -OCH3 is 1. The van der Waals surface area contributed by atoms with Gasteiger partial charge in [0.2, 0.25) is 10.0 Å². The van der Waals surface area contributed by atoms with Crippen LogP contribution in [0.3, 0.4) is 0 Å². The average Bonchev–Trinajstić information content (AvgIpc) is 3.38. The molecular weight excluding hydrogens is 595 g/mol. The third-order valence-electron chi connectivity index (χ3n) is 8.17. The Morgan fingerprint density at radius 2 is 1.77 bits per heavy atom. The van der Waals surface area contributed by atoms with Gasteiger partial charge in [-0.2, -0.15) is 4.31 Å². The molecule has 43 heavy (non-hydrogen) atoms. The van der Waals surface area contributed by atoms with Crippen molar-refractivity contribution in [3.05, 3.63) is 59.2 Å². The van der Waals surface area contributed by atoms with Crippen LogP contribution >= 0.6 is 11.3 Å². The molecule has 1 saturated carbocycles. The van der Waals surface area contributed by atoms with E-state index in [1.54, 1.807) is 20.2 Å². The van der Waals surface area contributed by atoms with Crippen LogP contribution in [0.1, 0.15) is 41.8 Å². The van der Waals surface area contributed by atoms with E-state index < -0.39 is 26.7 Å².